The van der Waals surface area contributed by atoms with E-state index in [1.54, 1.807) is 18.2 Å². The molecule has 2 unspecified atom stereocenters. The normalized spacial score (nSPS) is 17.5. The fourth-order valence-electron chi connectivity index (χ4n) is 3.58. The van der Waals surface area contributed by atoms with Crippen molar-refractivity contribution in [2.24, 2.45) is 5.92 Å². The van der Waals surface area contributed by atoms with E-state index < -0.39 is 11.8 Å². The van der Waals surface area contributed by atoms with E-state index in [0.29, 0.717) is 12.3 Å². The summed E-state index contributed by atoms with van der Waals surface area (Å²) in [4.78, 5) is 24.8. The monoisotopic (exact) mass is 434 g/mol. The number of carbonyl (C=O) groups excluding carboxylic acids is 2. The van der Waals surface area contributed by atoms with Crippen molar-refractivity contribution in [2.45, 2.75) is 6.04 Å². The third kappa shape index (κ3) is 5.11. The molecule has 0 saturated carbocycles. The van der Waals surface area contributed by atoms with E-state index >= 15 is 0 Å². The summed E-state index contributed by atoms with van der Waals surface area (Å²) in [7, 11) is 0. The summed E-state index contributed by atoms with van der Waals surface area (Å²) in [5.74, 6) is -1.11. The van der Waals surface area contributed by atoms with Gasteiger partial charge in [-0.3, -0.25) is 25.9 Å². The van der Waals surface area contributed by atoms with Crippen LogP contribution in [-0.2, 0) is 9.59 Å². The second-order valence-electron chi connectivity index (χ2n) is 7.35. The van der Waals surface area contributed by atoms with Crippen LogP contribution in [0.25, 0.3) is 11.1 Å². The van der Waals surface area contributed by atoms with Crippen LogP contribution in [0.4, 0.5) is 4.39 Å². The molecule has 1 saturated heterocycles. The summed E-state index contributed by atoms with van der Waals surface area (Å²) in [6.45, 7) is 0.109. The van der Waals surface area contributed by atoms with Gasteiger partial charge in [-0.15, -0.1) is 0 Å². The van der Waals surface area contributed by atoms with E-state index in [9.17, 15) is 14.0 Å². The zero-order valence-electron chi connectivity index (χ0n) is 17.2. The van der Waals surface area contributed by atoms with E-state index in [2.05, 4.69) is 21.7 Å². The van der Waals surface area contributed by atoms with Gasteiger partial charge in [-0.2, -0.15) is 0 Å². The van der Waals surface area contributed by atoms with Gasteiger partial charge in [0.15, 0.2) is 6.61 Å². The van der Waals surface area contributed by atoms with Gasteiger partial charge in [0.1, 0.15) is 11.6 Å². The lowest BCUT2D eigenvalue weighted by Crippen LogP contribution is -2.47. The Morgan fingerprint density at radius 3 is 2.44 bits per heavy atom. The number of rotatable bonds is 6. The fourth-order valence-corrected chi connectivity index (χ4v) is 3.58. The van der Waals surface area contributed by atoms with Crippen LogP contribution in [0, 0.1) is 11.7 Å². The molecule has 4 N–H and O–H groups in total. The minimum atomic E-state index is -0.488. The van der Waals surface area contributed by atoms with Gasteiger partial charge < -0.3 is 4.74 Å². The van der Waals surface area contributed by atoms with E-state index in [4.69, 9.17) is 4.74 Å². The lowest BCUT2D eigenvalue weighted by Gasteiger charge is -2.19. The number of nitrogens with one attached hydrogen (secondary N) is 4. The molecule has 1 fully saturated rings. The Hall–Kier alpha value is -3.75. The number of para-hydroxylation sites is 1. The predicted octanol–water partition coefficient (Wildman–Crippen LogP) is 2.48. The molecule has 3 aromatic carbocycles. The lowest BCUT2D eigenvalue weighted by molar-refractivity contribution is -0.132. The molecule has 1 heterocycles. The number of hydrogen-bond acceptors (Lipinski definition) is 5. The summed E-state index contributed by atoms with van der Waals surface area (Å²) < 4.78 is 18.9. The van der Waals surface area contributed by atoms with Gasteiger partial charge in [-0.25, -0.2) is 9.82 Å². The Balaban J connectivity index is 1.31. The van der Waals surface area contributed by atoms with Crippen molar-refractivity contribution in [1.29, 1.82) is 0 Å². The molecule has 2 atom stereocenters. The quantitative estimate of drug-likeness (QED) is 0.448. The maximum Gasteiger partial charge on any atom is 0.276 e. The van der Waals surface area contributed by atoms with Crippen molar-refractivity contribution < 1.29 is 18.7 Å². The summed E-state index contributed by atoms with van der Waals surface area (Å²) in [5.41, 5.74) is 13.4. The highest BCUT2D eigenvalue weighted by Gasteiger charge is 2.34. The number of hydrazine groups is 2. The maximum absolute atomic E-state index is 13.2. The average Bonchev–Trinajstić information content (AvgIpc) is 3.32. The average molecular weight is 434 g/mol. The topological polar surface area (TPSA) is 91.5 Å². The first-order chi connectivity index (χ1) is 15.6. The van der Waals surface area contributed by atoms with Crippen molar-refractivity contribution in [3.8, 4) is 16.9 Å². The number of hydrogen-bond donors (Lipinski definition) is 4. The molecule has 0 aliphatic carbocycles. The third-order valence-corrected chi connectivity index (χ3v) is 5.20. The van der Waals surface area contributed by atoms with E-state index in [1.807, 2.05) is 48.5 Å². The molecule has 0 bridgehead atoms. The van der Waals surface area contributed by atoms with E-state index in [-0.39, 0.29) is 24.4 Å². The summed E-state index contributed by atoms with van der Waals surface area (Å²) in [6.07, 6.45) is 0. The molecule has 4 rings (SSSR count). The van der Waals surface area contributed by atoms with Crippen LogP contribution in [-0.4, -0.2) is 25.0 Å². The van der Waals surface area contributed by atoms with Gasteiger partial charge in [0.05, 0.1) is 12.0 Å². The van der Waals surface area contributed by atoms with Gasteiger partial charge in [-0.1, -0.05) is 60.7 Å². The molecule has 7 nitrogen and oxygen atoms in total. The van der Waals surface area contributed by atoms with Crippen LogP contribution >= 0.6 is 0 Å². The van der Waals surface area contributed by atoms with Crippen molar-refractivity contribution >= 4 is 11.8 Å². The number of benzene rings is 3. The Morgan fingerprint density at radius 2 is 1.66 bits per heavy atom. The highest BCUT2D eigenvalue weighted by molar-refractivity contribution is 5.85. The van der Waals surface area contributed by atoms with Crippen LogP contribution in [0.1, 0.15) is 11.6 Å². The van der Waals surface area contributed by atoms with E-state index in [0.717, 1.165) is 16.7 Å². The van der Waals surface area contributed by atoms with Crippen molar-refractivity contribution in [2.75, 3.05) is 13.2 Å². The number of halogens is 1. The molecule has 2 amide bonds. The lowest BCUT2D eigenvalue weighted by atomic mass is 9.94. The molecular formula is C24H23FN4O3. The first kappa shape index (κ1) is 21.5. The molecule has 0 spiro atoms. The third-order valence-electron chi connectivity index (χ3n) is 5.20. The standard InChI is InChI=1S/C24H23FN4O3/c25-18-12-10-17(11-13-18)23-20(14-26-28-23)24(31)29-27-22(30)15-32-21-9-5-4-8-19(21)16-6-2-1-3-7-16/h1-13,20,23,26,28H,14-15H2,(H,27,30)(H,29,31). The van der Waals surface area contributed by atoms with Gasteiger partial charge in [0.25, 0.3) is 5.91 Å². The summed E-state index contributed by atoms with van der Waals surface area (Å²) >= 11 is 0. The van der Waals surface area contributed by atoms with Gasteiger partial charge >= 0.3 is 0 Å². The van der Waals surface area contributed by atoms with Gasteiger partial charge in [0, 0.05) is 12.1 Å². The molecule has 1 aliphatic heterocycles. The SMILES string of the molecule is O=C(COc1ccccc1-c1ccccc1)NNC(=O)C1CNNC1c1ccc(F)cc1. The smallest absolute Gasteiger partial charge is 0.276 e. The summed E-state index contributed by atoms with van der Waals surface area (Å²) in [6, 6.07) is 22.7. The molecule has 0 radical (unpaired) electrons. The van der Waals surface area contributed by atoms with Crippen LogP contribution in [0.5, 0.6) is 5.75 Å². The minimum Gasteiger partial charge on any atom is -0.483 e. The Morgan fingerprint density at radius 1 is 0.938 bits per heavy atom. The zero-order chi connectivity index (χ0) is 22.3. The van der Waals surface area contributed by atoms with Crippen molar-refractivity contribution in [1.82, 2.24) is 21.7 Å². The Kier molecular flexibility index (Phi) is 6.74. The van der Waals surface area contributed by atoms with Crippen LogP contribution < -0.4 is 26.4 Å². The zero-order valence-corrected chi connectivity index (χ0v) is 17.2. The van der Waals surface area contributed by atoms with Crippen LogP contribution in [0.2, 0.25) is 0 Å². The minimum absolute atomic E-state index is 0.257. The number of amides is 2. The summed E-state index contributed by atoms with van der Waals surface area (Å²) in [5, 5.41) is 0. The predicted molar refractivity (Wildman–Crippen MR) is 117 cm³/mol. The number of carbonyl (C=O) groups is 2. The Bertz CT molecular complexity index is 1080. The first-order valence-corrected chi connectivity index (χ1v) is 10.2. The second kappa shape index (κ2) is 10.0. The Labute approximate surface area is 184 Å². The van der Waals surface area contributed by atoms with E-state index in [1.165, 1.54) is 12.1 Å². The van der Waals surface area contributed by atoms with Crippen molar-refractivity contribution in [3.05, 3.63) is 90.2 Å². The fraction of sp³-hybridized carbons (Fsp3) is 0.167. The number of ether oxygens (including phenoxy) is 1. The molecule has 32 heavy (non-hydrogen) atoms. The maximum atomic E-state index is 13.2. The van der Waals surface area contributed by atoms with Crippen LogP contribution in [0.3, 0.4) is 0 Å². The molecule has 3 aromatic rings. The largest absolute Gasteiger partial charge is 0.483 e. The molecule has 164 valence electrons. The first-order valence-electron chi connectivity index (χ1n) is 10.2. The molecule has 8 heteroatoms. The van der Waals surface area contributed by atoms with Crippen LogP contribution in [0.15, 0.2) is 78.9 Å². The van der Waals surface area contributed by atoms with Gasteiger partial charge in [-0.05, 0) is 29.3 Å². The second-order valence-corrected chi connectivity index (χ2v) is 7.35. The van der Waals surface area contributed by atoms with Crippen molar-refractivity contribution in [3.63, 3.8) is 0 Å². The highest BCUT2D eigenvalue weighted by atomic mass is 19.1. The molecular weight excluding hydrogens is 411 g/mol. The highest BCUT2D eigenvalue weighted by Crippen LogP contribution is 2.29. The molecule has 0 aromatic heterocycles. The van der Waals surface area contributed by atoms with Gasteiger partial charge in [0.2, 0.25) is 5.91 Å². The molecule has 1 aliphatic rings.